The molecule has 2 fully saturated rings. The number of carbonyl (C=O) groups excluding carboxylic acids is 2. The fourth-order valence-corrected chi connectivity index (χ4v) is 7.10. The molecule has 2 aliphatic rings. The van der Waals surface area contributed by atoms with Crippen molar-refractivity contribution in [2.45, 2.75) is 229 Å². The molecule has 11 atom stereocenters. The van der Waals surface area contributed by atoms with Gasteiger partial charge in [0.25, 0.3) is 0 Å². The summed E-state index contributed by atoms with van der Waals surface area (Å²) in [6.45, 7) is 2.45. The van der Waals surface area contributed by atoms with Crippen LogP contribution in [0, 0.1) is 0 Å². The highest BCUT2D eigenvalue weighted by atomic mass is 16.7. The third-order valence-electron chi connectivity index (χ3n) is 10.8. The van der Waals surface area contributed by atoms with Crippen LogP contribution in [0.1, 0.15) is 162 Å². The molecule has 7 N–H and O–H groups in total. The third-order valence-corrected chi connectivity index (χ3v) is 10.8. The molecule has 0 spiro atoms. The molecular formula is C42H78O15. The first-order valence-corrected chi connectivity index (χ1v) is 22.1. The first-order chi connectivity index (χ1) is 27.5. The van der Waals surface area contributed by atoms with Gasteiger partial charge in [-0.05, 0) is 12.8 Å². The number of rotatable bonds is 33. The van der Waals surface area contributed by atoms with Gasteiger partial charge in [-0.25, -0.2) is 0 Å². The molecule has 0 radical (unpaired) electrons. The number of esters is 2. The van der Waals surface area contributed by atoms with Crippen molar-refractivity contribution in [1.29, 1.82) is 0 Å². The molecular weight excluding hydrogens is 744 g/mol. The Morgan fingerprint density at radius 1 is 0.491 bits per heavy atom. The molecule has 0 amide bonds. The van der Waals surface area contributed by atoms with Crippen LogP contribution in [-0.2, 0) is 38.0 Å². The SMILES string of the molecule is CCCCCCCCCCCCCCCCCCCC(=O)OC(COC(=O)CCCCCC)COC1OC(COC2OC(CO)C(O)C(O)C2O)C(O)C(O)C1O. The Hall–Kier alpha value is -1.50. The van der Waals surface area contributed by atoms with Crippen LogP contribution in [-0.4, -0.2) is 142 Å². The predicted molar refractivity (Wildman–Crippen MR) is 211 cm³/mol. The maximum atomic E-state index is 12.8. The number of carbonyl (C=O) groups is 2. The molecule has 0 aromatic rings. The van der Waals surface area contributed by atoms with Gasteiger partial charge >= 0.3 is 11.9 Å². The minimum absolute atomic E-state index is 0.172. The first-order valence-electron chi connectivity index (χ1n) is 22.1. The average molecular weight is 823 g/mol. The number of unbranched alkanes of at least 4 members (excludes halogenated alkanes) is 19. The fraction of sp³-hybridized carbons (Fsp3) is 0.952. The highest BCUT2D eigenvalue weighted by Gasteiger charge is 2.47. The van der Waals surface area contributed by atoms with E-state index in [9.17, 15) is 45.3 Å². The van der Waals surface area contributed by atoms with E-state index in [1.807, 2.05) is 0 Å². The summed E-state index contributed by atoms with van der Waals surface area (Å²) in [4.78, 5) is 25.3. The number of aliphatic hydroxyl groups is 7. The van der Waals surface area contributed by atoms with Crippen LogP contribution in [0.2, 0.25) is 0 Å². The van der Waals surface area contributed by atoms with Crippen molar-refractivity contribution in [3.05, 3.63) is 0 Å². The Labute approximate surface area is 340 Å². The van der Waals surface area contributed by atoms with Gasteiger partial charge in [-0.3, -0.25) is 9.59 Å². The van der Waals surface area contributed by atoms with Crippen LogP contribution in [0.5, 0.6) is 0 Å². The summed E-state index contributed by atoms with van der Waals surface area (Å²) in [6, 6.07) is 0. The maximum absolute atomic E-state index is 12.8. The van der Waals surface area contributed by atoms with E-state index in [-0.39, 0.29) is 26.1 Å². The van der Waals surface area contributed by atoms with Gasteiger partial charge in [0.15, 0.2) is 18.7 Å². The summed E-state index contributed by atoms with van der Waals surface area (Å²) >= 11 is 0. The molecule has 0 aromatic heterocycles. The second-order valence-corrected chi connectivity index (χ2v) is 15.9. The molecule has 2 heterocycles. The van der Waals surface area contributed by atoms with E-state index >= 15 is 0 Å². The quantitative estimate of drug-likeness (QED) is 0.0365. The van der Waals surface area contributed by atoms with E-state index in [0.717, 1.165) is 38.5 Å². The van der Waals surface area contributed by atoms with Crippen LogP contribution < -0.4 is 0 Å². The van der Waals surface area contributed by atoms with Gasteiger partial charge in [0.2, 0.25) is 0 Å². The van der Waals surface area contributed by atoms with Crippen LogP contribution in [0.3, 0.4) is 0 Å². The van der Waals surface area contributed by atoms with E-state index < -0.39 is 92.7 Å². The summed E-state index contributed by atoms with van der Waals surface area (Å²) in [5.41, 5.74) is 0. The monoisotopic (exact) mass is 823 g/mol. The van der Waals surface area contributed by atoms with Crippen LogP contribution in [0.25, 0.3) is 0 Å². The topological polar surface area (TPSA) is 231 Å². The zero-order chi connectivity index (χ0) is 41.8. The fourth-order valence-electron chi connectivity index (χ4n) is 7.10. The molecule has 0 bridgehead atoms. The van der Waals surface area contributed by atoms with Crippen LogP contribution >= 0.6 is 0 Å². The van der Waals surface area contributed by atoms with Crippen LogP contribution in [0.4, 0.5) is 0 Å². The van der Waals surface area contributed by atoms with Gasteiger partial charge in [0.1, 0.15) is 55.4 Å². The second kappa shape index (κ2) is 31.4. The molecule has 2 saturated heterocycles. The summed E-state index contributed by atoms with van der Waals surface area (Å²) in [5.74, 6) is -0.937. The van der Waals surface area contributed by atoms with E-state index in [1.54, 1.807) is 0 Å². The van der Waals surface area contributed by atoms with E-state index in [1.165, 1.54) is 83.5 Å². The number of hydrogen-bond acceptors (Lipinski definition) is 15. The minimum Gasteiger partial charge on any atom is -0.462 e. The zero-order valence-electron chi connectivity index (χ0n) is 34.8. The molecule has 57 heavy (non-hydrogen) atoms. The van der Waals surface area contributed by atoms with Crippen molar-refractivity contribution in [1.82, 2.24) is 0 Å². The van der Waals surface area contributed by atoms with Gasteiger partial charge in [-0.2, -0.15) is 0 Å². The third kappa shape index (κ3) is 21.0. The summed E-state index contributed by atoms with van der Waals surface area (Å²) < 4.78 is 33.2. The van der Waals surface area contributed by atoms with Crippen molar-refractivity contribution in [2.75, 3.05) is 26.4 Å². The lowest BCUT2D eigenvalue weighted by Gasteiger charge is -2.42. The Morgan fingerprint density at radius 3 is 1.39 bits per heavy atom. The molecule has 2 rings (SSSR count). The number of aliphatic hydroxyl groups excluding tert-OH is 7. The Kier molecular flexibility index (Phi) is 28.4. The zero-order valence-corrected chi connectivity index (χ0v) is 34.8. The summed E-state index contributed by atoms with van der Waals surface area (Å²) in [6.07, 6.45) is 7.99. The van der Waals surface area contributed by atoms with Gasteiger partial charge in [0, 0.05) is 12.8 Å². The largest absolute Gasteiger partial charge is 0.462 e. The molecule has 0 aliphatic carbocycles. The van der Waals surface area contributed by atoms with Crippen molar-refractivity contribution < 1.29 is 73.8 Å². The van der Waals surface area contributed by atoms with Gasteiger partial charge < -0.3 is 64.2 Å². The van der Waals surface area contributed by atoms with Crippen molar-refractivity contribution >= 4 is 11.9 Å². The van der Waals surface area contributed by atoms with E-state index in [2.05, 4.69) is 13.8 Å². The van der Waals surface area contributed by atoms with E-state index in [0.29, 0.717) is 12.8 Å². The molecule has 336 valence electrons. The van der Waals surface area contributed by atoms with Gasteiger partial charge in [0.05, 0.1) is 19.8 Å². The van der Waals surface area contributed by atoms with Crippen molar-refractivity contribution in [3.63, 3.8) is 0 Å². The van der Waals surface area contributed by atoms with E-state index in [4.69, 9.17) is 28.4 Å². The second-order valence-electron chi connectivity index (χ2n) is 15.9. The minimum atomic E-state index is -1.76. The smallest absolute Gasteiger partial charge is 0.306 e. The molecule has 2 aliphatic heterocycles. The lowest BCUT2D eigenvalue weighted by molar-refractivity contribution is -0.332. The highest BCUT2D eigenvalue weighted by Crippen LogP contribution is 2.26. The van der Waals surface area contributed by atoms with Gasteiger partial charge in [-0.1, -0.05) is 136 Å². The molecule has 0 aromatic carbocycles. The lowest BCUT2D eigenvalue weighted by atomic mass is 9.98. The highest BCUT2D eigenvalue weighted by molar-refractivity contribution is 5.70. The summed E-state index contributed by atoms with van der Waals surface area (Å²) in [7, 11) is 0. The lowest BCUT2D eigenvalue weighted by Crippen LogP contribution is -2.61. The Bertz CT molecular complexity index is 1020. The molecule has 15 nitrogen and oxygen atoms in total. The first kappa shape index (κ1) is 51.6. The number of ether oxygens (including phenoxy) is 6. The predicted octanol–water partition coefficient (Wildman–Crippen LogP) is 4.09. The maximum Gasteiger partial charge on any atom is 0.306 e. The molecule has 11 unspecified atom stereocenters. The van der Waals surface area contributed by atoms with Crippen LogP contribution in [0.15, 0.2) is 0 Å². The molecule has 0 saturated carbocycles. The Balaban J connectivity index is 1.77. The number of hydrogen-bond donors (Lipinski definition) is 7. The summed E-state index contributed by atoms with van der Waals surface area (Å²) in [5, 5.41) is 71.5. The normalized spacial score (nSPS) is 28.3. The average Bonchev–Trinajstić information content (AvgIpc) is 3.20. The van der Waals surface area contributed by atoms with Crippen molar-refractivity contribution in [2.24, 2.45) is 0 Å². The molecule has 15 heteroatoms. The van der Waals surface area contributed by atoms with Gasteiger partial charge in [-0.15, -0.1) is 0 Å². The standard InChI is InChI=1S/C42H78O15/c1-3-5-7-9-10-11-12-13-14-15-16-17-18-19-20-21-23-25-34(45)55-30(27-52-33(44)24-22-8-6-4-2)28-53-41-40(51)38(49)36(47)32(57-41)29-54-42-39(50)37(48)35(46)31(26-43)56-42/h30-32,35-43,46-51H,3-29H2,1-2H3. The Morgan fingerprint density at radius 2 is 0.895 bits per heavy atom. The van der Waals surface area contributed by atoms with Crippen molar-refractivity contribution in [3.8, 4) is 0 Å².